The number of aromatic nitrogens is 3. The summed E-state index contributed by atoms with van der Waals surface area (Å²) in [4.78, 5) is 34.2. The maximum atomic E-state index is 13.6. The largest absolute Gasteiger partial charge is 0.444 e. The minimum Gasteiger partial charge on any atom is -0.444 e. The van der Waals surface area contributed by atoms with Crippen molar-refractivity contribution in [1.82, 2.24) is 14.5 Å². The summed E-state index contributed by atoms with van der Waals surface area (Å²) in [6, 6.07) is 13.6. The molecule has 1 aliphatic rings. The van der Waals surface area contributed by atoms with Gasteiger partial charge in [-0.1, -0.05) is 18.2 Å². The van der Waals surface area contributed by atoms with Crippen molar-refractivity contribution >= 4 is 33.1 Å². The van der Waals surface area contributed by atoms with E-state index in [1.54, 1.807) is 55.7 Å². The Kier molecular flexibility index (Phi) is 8.79. The molecule has 11 nitrogen and oxygen atoms in total. The van der Waals surface area contributed by atoms with E-state index in [4.69, 9.17) is 14.3 Å². The lowest BCUT2D eigenvalue weighted by Gasteiger charge is -2.25. The number of pyridine rings is 1. The molecule has 5 rings (SSSR count). The predicted molar refractivity (Wildman–Crippen MR) is 162 cm³/mol. The molecule has 2 aromatic heterocycles. The minimum absolute atomic E-state index is 0.0304. The third-order valence-electron chi connectivity index (χ3n) is 6.76. The summed E-state index contributed by atoms with van der Waals surface area (Å²) in [6.45, 7) is 5.77. The molecule has 2 amide bonds. The van der Waals surface area contributed by atoms with Crippen LogP contribution in [-0.2, 0) is 19.2 Å². The summed E-state index contributed by atoms with van der Waals surface area (Å²) in [5.41, 5.74) is 1.27. The number of carbonyl (C=O) groups excluding carboxylic acids is 2. The van der Waals surface area contributed by atoms with Crippen molar-refractivity contribution in [1.29, 1.82) is 4.78 Å². The van der Waals surface area contributed by atoms with E-state index in [0.29, 0.717) is 17.7 Å². The number of anilines is 2. The number of benzene rings is 2. The van der Waals surface area contributed by atoms with Gasteiger partial charge in [0.05, 0.1) is 29.5 Å². The molecule has 0 aliphatic carbocycles. The second-order valence-corrected chi connectivity index (χ2v) is 13.2. The third kappa shape index (κ3) is 7.12. The second kappa shape index (κ2) is 12.5. The zero-order valence-corrected chi connectivity index (χ0v) is 25.3. The number of ether oxygens (including phenoxy) is 2. The van der Waals surface area contributed by atoms with Gasteiger partial charge >= 0.3 is 6.09 Å². The molecule has 1 fully saturated rings. The number of hydrogen-bond donors (Lipinski definition) is 3. The number of nitrogens with one attached hydrogen (secondary N) is 3. The van der Waals surface area contributed by atoms with Gasteiger partial charge in [-0.2, -0.15) is 0 Å². The SMILES string of the molecule is CC(C)(C)OC(=O)Nc1ccc(-c2ccc(F)cc2)cc1NC(=O)c1ccc(S(=N)(=O)c2cncn2C2CCCCO2)nc1. The molecule has 44 heavy (non-hydrogen) atoms. The van der Waals surface area contributed by atoms with Crippen molar-refractivity contribution < 1.29 is 27.7 Å². The minimum atomic E-state index is -3.56. The van der Waals surface area contributed by atoms with Gasteiger partial charge in [-0.25, -0.2) is 28.1 Å². The highest BCUT2D eigenvalue weighted by atomic mass is 32.2. The molecule has 230 valence electrons. The average molecular weight is 621 g/mol. The highest BCUT2D eigenvalue weighted by Gasteiger charge is 2.26. The van der Waals surface area contributed by atoms with E-state index in [0.717, 1.165) is 19.3 Å². The summed E-state index contributed by atoms with van der Waals surface area (Å²) in [5, 5.41) is 5.58. The molecule has 0 spiro atoms. The standard InChI is InChI=1S/C31H33FN6O5S/c1-31(2,3)43-30(40)37-24-13-9-21(20-7-11-23(32)12-8-20)16-25(24)36-29(39)22-10-14-26(35-17-22)44(33,41)28-18-34-19-38(28)27-6-4-5-15-42-27/h7-14,16-19,27,33H,4-6,15H2,1-3H3,(H,36,39)(H,37,40). The summed E-state index contributed by atoms with van der Waals surface area (Å²) >= 11 is 0. The number of rotatable bonds is 7. The van der Waals surface area contributed by atoms with E-state index < -0.39 is 27.3 Å². The third-order valence-corrected chi connectivity index (χ3v) is 8.50. The van der Waals surface area contributed by atoms with Crippen LogP contribution in [-0.4, -0.2) is 43.0 Å². The van der Waals surface area contributed by atoms with Crippen molar-refractivity contribution in [3.8, 4) is 11.1 Å². The monoisotopic (exact) mass is 620 g/mol. The highest BCUT2D eigenvalue weighted by Crippen LogP contribution is 2.31. The van der Waals surface area contributed by atoms with E-state index in [1.807, 2.05) is 0 Å². The Morgan fingerprint density at radius 3 is 2.43 bits per heavy atom. The van der Waals surface area contributed by atoms with Crippen LogP contribution in [0.2, 0.25) is 0 Å². The number of imidazole rings is 1. The van der Waals surface area contributed by atoms with Crippen LogP contribution in [0, 0.1) is 10.6 Å². The summed E-state index contributed by atoms with van der Waals surface area (Å²) in [5.74, 6) is -0.950. The molecule has 2 aromatic carbocycles. The maximum Gasteiger partial charge on any atom is 0.412 e. The first-order valence-corrected chi connectivity index (χ1v) is 15.6. The molecule has 2 unspecified atom stereocenters. The maximum absolute atomic E-state index is 13.6. The Hall–Kier alpha value is -4.62. The van der Waals surface area contributed by atoms with Gasteiger partial charge in [-0.3, -0.25) is 14.7 Å². The van der Waals surface area contributed by atoms with E-state index >= 15 is 0 Å². The van der Waals surface area contributed by atoms with E-state index in [2.05, 4.69) is 20.6 Å². The molecule has 0 bridgehead atoms. The van der Waals surface area contributed by atoms with Gasteiger partial charge in [0.2, 0.25) is 0 Å². The Morgan fingerprint density at radius 2 is 1.77 bits per heavy atom. The van der Waals surface area contributed by atoms with Crippen LogP contribution in [0.5, 0.6) is 0 Å². The van der Waals surface area contributed by atoms with Gasteiger partial charge in [-0.15, -0.1) is 0 Å². The van der Waals surface area contributed by atoms with Crippen LogP contribution in [0.3, 0.4) is 0 Å². The van der Waals surface area contributed by atoms with Crippen LogP contribution in [0.1, 0.15) is 56.6 Å². The zero-order chi connectivity index (χ0) is 31.5. The molecular weight excluding hydrogens is 587 g/mol. The van der Waals surface area contributed by atoms with Crippen molar-refractivity contribution in [2.45, 2.75) is 61.9 Å². The number of hydrogen-bond acceptors (Lipinski definition) is 8. The first-order chi connectivity index (χ1) is 20.9. The Bertz CT molecular complexity index is 1760. The molecule has 0 radical (unpaired) electrons. The molecular formula is C31H33FN6O5S. The smallest absolute Gasteiger partial charge is 0.412 e. The van der Waals surface area contributed by atoms with Crippen LogP contribution in [0.4, 0.5) is 20.6 Å². The first-order valence-electron chi connectivity index (χ1n) is 14.0. The Morgan fingerprint density at radius 1 is 1.02 bits per heavy atom. The van der Waals surface area contributed by atoms with Crippen molar-refractivity contribution in [2.75, 3.05) is 17.2 Å². The van der Waals surface area contributed by atoms with Crippen molar-refractivity contribution in [2.24, 2.45) is 0 Å². The molecule has 0 saturated carbocycles. The quantitative estimate of drug-likeness (QED) is 0.205. The molecule has 4 aromatic rings. The Balaban J connectivity index is 1.39. The first kappa shape index (κ1) is 30.8. The van der Waals surface area contributed by atoms with E-state index in [1.165, 1.54) is 43.0 Å². The van der Waals surface area contributed by atoms with Crippen LogP contribution < -0.4 is 10.6 Å². The van der Waals surface area contributed by atoms with Crippen LogP contribution in [0.25, 0.3) is 11.1 Å². The summed E-state index contributed by atoms with van der Waals surface area (Å²) in [6.07, 6.45) is 5.67. The van der Waals surface area contributed by atoms with Gasteiger partial charge in [0.15, 0.2) is 0 Å². The van der Waals surface area contributed by atoms with Gasteiger partial charge in [0.25, 0.3) is 5.91 Å². The van der Waals surface area contributed by atoms with Gasteiger partial charge < -0.3 is 14.8 Å². The van der Waals surface area contributed by atoms with Crippen molar-refractivity contribution in [3.63, 3.8) is 0 Å². The number of carbonyl (C=O) groups is 2. The predicted octanol–water partition coefficient (Wildman–Crippen LogP) is 6.85. The molecule has 13 heteroatoms. The van der Waals surface area contributed by atoms with Crippen molar-refractivity contribution in [3.05, 3.63) is 84.7 Å². The highest BCUT2D eigenvalue weighted by molar-refractivity contribution is 7.92. The average Bonchev–Trinajstić information content (AvgIpc) is 3.49. The van der Waals surface area contributed by atoms with Crippen LogP contribution >= 0.6 is 0 Å². The number of halogens is 1. The van der Waals surface area contributed by atoms with Crippen LogP contribution in [0.15, 0.2) is 83.4 Å². The van der Waals surface area contributed by atoms with Gasteiger partial charge in [0.1, 0.15) is 37.4 Å². The van der Waals surface area contributed by atoms with E-state index in [9.17, 15) is 18.2 Å². The second-order valence-electron chi connectivity index (χ2n) is 11.2. The fourth-order valence-electron chi connectivity index (χ4n) is 4.65. The molecule has 1 aliphatic heterocycles. The molecule has 2 atom stereocenters. The van der Waals surface area contributed by atoms with Gasteiger partial charge in [-0.05, 0) is 87.6 Å². The van der Waals surface area contributed by atoms with E-state index in [-0.39, 0.29) is 39.0 Å². The fourth-order valence-corrected chi connectivity index (χ4v) is 6.00. The lowest BCUT2D eigenvalue weighted by atomic mass is 10.0. The summed E-state index contributed by atoms with van der Waals surface area (Å²) < 4.78 is 48.6. The Labute approximate surface area is 254 Å². The summed E-state index contributed by atoms with van der Waals surface area (Å²) in [7, 11) is -3.56. The topological polar surface area (TPSA) is 148 Å². The molecule has 3 heterocycles. The normalized spacial score (nSPS) is 16.5. The number of amides is 2. The molecule has 1 saturated heterocycles. The fraction of sp³-hybridized carbons (Fsp3) is 0.290. The lowest BCUT2D eigenvalue weighted by molar-refractivity contribution is -0.0368. The molecule has 3 N–H and O–H groups in total. The lowest BCUT2D eigenvalue weighted by Crippen LogP contribution is -2.27. The van der Waals surface area contributed by atoms with Gasteiger partial charge in [0, 0.05) is 12.8 Å². The zero-order valence-electron chi connectivity index (χ0n) is 24.5. The number of nitrogens with zero attached hydrogens (tertiary/aromatic N) is 3.